The summed E-state index contributed by atoms with van der Waals surface area (Å²) in [5.74, 6) is -1.29. The fourth-order valence-corrected chi connectivity index (χ4v) is 6.53. The highest BCUT2D eigenvalue weighted by atomic mass is 19.1. The number of hydrogen-bond donors (Lipinski definition) is 1. The third kappa shape index (κ3) is 9.55. The number of ether oxygens (including phenoxy) is 2. The molecule has 0 spiro atoms. The number of rotatable bonds is 16. The highest BCUT2D eigenvalue weighted by molar-refractivity contribution is 5.87. The molecular formula is C39H47F3O4. The lowest BCUT2D eigenvalue weighted by Gasteiger charge is -2.30. The molecule has 0 aliphatic heterocycles. The van der Waals surface area contributed by atoms with Gasteiger partial charge in [-0.3, -0.25) is 0 Å². The van der Waals surface area contributed by atoms with Crippen molar-refractivity contribution >= 4 is 5.97 Å². The predicted octanol–water partition coefficient (Wildman–Crippen LogP) is 9.58. The predicted molar refractivity (Wildman–Crippen MR) is 177 cm³/mol. The average Bonchev–Trinajstić information content (AvgIpc) is 3.06. The molecular weight excluding hydrogens is 589 g/mol. The van der Waals surface area contributed by atoms with Crippen LogP contribution in [-0.2, 0) is 20.7 Å². The van der Waals surface area contributed by atoms with Crippen molar-refractivity contribution in [3.05, 3.63) is 95.3 Å². The Labute approximate surface area is 271 Å². The molecule has 0 amide bonds. The maximum atomic E-state index is 15.3. The number of halogens is 3. The summed E-state index contributed by atoms with van der Waals surface area (Å²) in [4.78, 5) is 11.8. The van der Waals surface area contributed by atoms with Crippen LogP contribution in [-0.4, -0.2) is 38.0 Å². The summed E-state index contributed by atoms with van der Waals surface area (Å²) in [6.45, 7) is 5.92. The van der Waals surface area contributed by atoms with Gasteiger partial charge in [-0.05, 0) is 104 Å². The molecule has 1 aliphatic carbocycles. The van der Waals surface area contributed by atoms with Gasteiger partial charge in [0.2, 0.25) is 0 Å². The number of methoxy groups -OCH3 is 1. The summed E-state index contributed by atoms with van der Waals surface area (Å²) >= 11 is 0. The van der Waals surface area contributed by atoms with E-state index in [1.807, 2.05) is 12.1 Å². The molecule has 1 unspecified atom stereocenters. The molecule has 0 radical (unpaired) electrons. The topological polar surface area (TPSA) is 55.8 Å². The van der Waals surface area contributed by atoms with E-state index >= 15 is 4.39 Å². The number of hydrogen-bond acceptors (Lipinski definition) is 4. The van der Waals surface area contributed by atoms with Crippen LogP contribution in [0.5, 0.6) is 0 Å². The lowest BCUT2D eigenvalue weighted by Crippen LogP contribution is -2.21. The van der Waals surface area contributed by atoms with Crippen molar-refractivity contribution < 1.29 is 32.5 Å². The third-order valence-corrected chi connectivity index (χ3v) is 9.28. The van der Waals surface area contributed by atoms with E-state index < -0.39 is 30.0 Å². The summed E-state index contributed by atoms with van der Waals surface area (Å²) in [6.07, 6.45) is 9.81. The first-order valence-electron chi connectivity index (χ1n) is 16.6. The van der Waals surface area contributed by atoms with E-state index in [-0.39, 0.29) is 29.2 Å². The number of aliphatic hydroxyl groups is 1. The first kappa shape index (κ1) is 35.4. The summed E-state index contributed by atoms with van der Waals surface area (Å²) in [5, 5.41) is 9.06. The molecule has 1 aliphatic rings. The van der Waals surface area contributed by atoms with Crippen LogP contribution in [0.2, 0.25) is 0 Å². The van der Waals surface area contributed by atoms with Gasteiger partial charge in [-0.15, -0.1) is 0 Å². The first-order valence-corrected chi connectivity index (χ1v) is 16.6. The van der Waals surface area contributed by atoms with Crippen molar-refractivity contribution in [2.45, 2.75) is 77.0 Å². The van der Waals surface area contributed by atoms with Crippen LogP contribution in [0.25, 0.3) is 22.3 Å². The lowest BCUT2D eigenvalue weighted by atomic mass is 9.76. The zero-order valence-electron chi connectivity index (χ0n) is 27.1. The van der Waals surface area contributed by atoms with Crippen LogP contribution in [0, 0.1) is 29.3 Å². The maximum Gasteiger partial charge on any atom is 0.335 e. The Morgan fingerprint density at radius 3 is 2.20 bits per heavy atom. The molecule has 1 saturated carbocycles. The van der Waals surface area contributed by atoms with E-state index in [1.54, 1.807) is 19.2 Å². The minimum Gasteiger partial charge on any atom is -0.462 e. The van der Waals surface area contributed by atoms with Gasteiger partial charge in [0.15, 0.2) is 0 Å². The highest BCUT2D eigenvalue weighted by Crippen LogP contribution is 2.39. The minimum atomic E-state index is -0.668. The number of carbonyl (C=O) groups excluding carboxylic acids is 1. The molecule has 3 aromatic rings. The van der Waals surface area contributed by atoms with Gasteiger partial charge in [-0.2, -0.15) is 0 Å². The zero-order valence-corrected chi connectivity index (χ0v) is 27.1. The van der Waals surface area contributed by atoms with Gasteiger partial charge >= 0.3 is 5.97 Å². The van der Waals surface area contributed by atoms with E-state index in [0.29, 0.717) is 36.0 Å². The van der Waals surface area contributed by atoms with E-state index in [0.717, 1.165) is 63.4 Å². The van der Waals surface area contributed by atoms with Crippen molar-refractivity contribution in [2.24, 2.45) is 11.8 Å². The van der Waals surface area contributed by atoms with Crippen molar-refractivity contribution in [2.75, 3.05) is 26.9 Å². The van der Waals surface area contributed by atoms with Crippen molar-refractivity contribution in [3.63, 3.8) is 0 Å². The summed E-state index contributed by atoms with van der Waals surface area (Å²) in [6, 6.07) is 15.1. The van der Waals surface area contributed by atoms with Gasteiger partial charge in [-0.25, -0.2) is 18.0 Å². The normalized spacial score (nSPS) is 17.1. The van der Waals surface area contributed by atoms with E-state index in [1.165, 1.54) is 23.8 Å². The second-order valence-electron chi connectivity index (χ2n) is 12.7. The van der Waals surface area contributed by atoms with E-state index in [9.17, 15) is 13.6 Å². The van der Waals surface area contributed by atoms with Crippen molar-refractivity contribution in [3.8, 4) is 22.3 Å². The highest BCUT2D eigenvalue weighted by Gasteiger charge is 2.24. The standard InChI is InChI=1S/C39H47F3O4/c1-4-5-6-7-28-20-36(41)38(37(42)21-28)33-18-19-34(35(40)22-33)32-16-14-31(15-17-32)30-12-10-27(11-13-30)8-9-29(24-45-3)25-46-39(44)26(2)23-43/h14-22,27,29-30,43H,2,4-13,23-25H2,1,3H3. The summed E-state index contributed by atoms with van der Waals surface area (Å²) in [7, 11) is 1.64. The van der Waals surface area contributed by atoms with Crippen molar-refractivity contribution in [1.29, 1.82) is 0 Å². The smallest absolute Gasteiger partial charge is 0.335 e. The fourth-order valence-electron chi connectivity index (χ4n) is 6.53. The Morgan fingerprint density at radius 2 is 1.59 bits per heavy atom. The third-order valence-electron chi connectivity index (χ3n) is 9.28. The number of benzene rings is 3. The Bertz CT molecular complexity index is 1420. The molecule has 7 heteroatoms. The average molecular weight is 637 g/mol. The van der Waals surface area contributed by atoms with Crippen LogP contribution in [0.4, 0.5) is 13.2 Å². The van der Waals surface area contributed by atoms with Gasteiger partial charge in [0.05, 0.1) is 31.0 Å². The largest absolute Gasteiger partial charge is 0.462 e. The lowest BCUT2D eigenvalue weighted by molar-refractivity contribution is -0.141. The van der Waals surface area contributed by atoms with Gasteiger partial charge in [0.1, 0.15) is 17.5 Å². The molecule has 248 valence electrons. The van der Waals surface area contributed by atoms with Crippen molar-refractivity contribution in [1.82, 2.24) is 0 Å². The van der Waals surface area contributed by atoms with Gasteiger partial charge in [0, 0.05) is 18.6 Å². The van der Waals surface area contributed by atoms with Gasteiger partial charge in [0.25, 0.3) is 0 Å². The molecule has 0 heterocycles. The Kier molecular flexibility index (Phi) is 13.5. The number of esters is 1. The fraction of sp³-hybridized carbons (Fsp3) is 0.462. The quantitative estimate of drug-likeness (QED) is 0.0967. The maximum absolute atomic E-state index is 15.3. The molecule has 0 saturated heterocycles. The molecule has 1 atom stereocenters. The van der Waals surface area contributed by atoms with Crippen LogP contribution >= 0.6 is 0 Å². The van der Waals surface area contributed by atoms with Gasteiger partial charge < -0.3 is 14.6 Å². The summed E-state index contributed by atoms with van der Waals surface area (Å²) < 4.78 is 55.7. The molecule has 46 heavy (non-hydrogen) atoms. The number of carbonyl (C=O) groups is 1. The van der Waals surface area contributed by atoms with Gasteiger partial charge in [-0.1, -0.05) is 62.7 Å². The molecule has 3 aromatic carbocycles. The Morgan fingerprint density at radius 1 is 0.913 bits per heavy atom. The monoisotopic (exact) mass is 636 g/mol. The molecule has 1 N–H and O–H groups in total. The number of aliphatic hydroxyl groups excluding tert-OH is 1. The SMILES string of the molecule is C=C(CO)C(=O)OCC(CCC1CCC(c2ccc(-c3ccc(-c4c(F)cc(CCCCC)cc4F)cc3F)cc2)CC1)COC. The summed E-state index contributed by atoms with van der Waals surface area (Å²) in [5.41, 5.74) is 3.01. The Hall–Kier alpha value is -3.42. The second-order valence-corrected chi connectivity index (χ2v) is 12.7. The van der Waals surface area contributed by atoms with E-state index in [4.69, 9.17) is 14.6 Å². The zero-order chi connectivity index (χ0) is 33.1. The minimum absolute atomic E-state index is 0.0494. The first-order chi connectivity index (χ1) is 22.2. The number of aryl methyl sites for hydroxylation is 1. The second kappa shape index (κ2) is 17.5. The molecule has 4 rings (SSSR count). The molecule has 0 bridgehead atoms. The molecule has 0 aromatic heterocycles. The van der Waals surface area contributed by atoms with Crippen LogP contribution in [0.15, 0.2) is 66.7 Å². The van der Waals surface area contributed by atoms with Crippen LogP contribution in [0.1, 0.15) is 81.8 Å². The van der Waals surface area contributed by atoms with E-state index in [2.05, 4.69) is 25.6 Å². The van der Waals surface area contributed by atoms with Crippen LogP contribution in [0.3, 0.4) is 0 Å². The Balaban J connectivity index is 1.32. The van der Waals surface area contributed by atoms with Crippen LogP contribution < -0.4 is 0 Å². The molecule has 1 fully saturated rings. The molecule has 4 nitrogen and oxygen atoms in total. The number of unbranched alkanes of at least 4 members (excludes halogenated alkanes) is 2.